The third-order valence-electron chi connectivity index (χ3n) is 3.70. The van der Waals surface area contributed by atoms with Crippen molar-refractivity contribution in [1.82, 2.24) is 9.88 Å². The largest absolute Gasteiger partial charge is 0.467 e. The number of aryl methyl sites for hydroxylation is 1. The van der Waals surface area contributed by atoms with Gasteiger partial charge in [-0.2, -0.15) is 0 Å². The quantitative estimate of drug-likeness (QED) is 0.938. The Morgan fingerprint density at radius 1 is 1.50 bits per heavy atom. The molecule has 6 nitrogen and oxygen atoms in total. The number of aromatic nitrogens is 1. The van der Waals surface area contributed by atoms with Crippen LogP contribution in [0.4, 0.5) is 5.82 Å². The van der Waals surface area contributed by atoms with Crippen molar-refractivity contribution in [3.05, 3.63) is 48.0 Å². The molecular formula is C16H17N3O3. The highest BCUT2D eigenvalue weighted by Crippen LogP contribution is 2.23. The van der Waals surface area contributed by atoms with Crippen molar-refractivity contribution < 1.29 is 14.0 Å². The van der Waals surface area contributed by atoms with Gasteiger partial charge in [0.25, 0.3) is 0 Å². The van der Waals surface area contributed by atoms with Crippen LogP contribution in [0.2, 0.25) is 0 Å². The number of likely N-dealkylation sites (tertiary alicyclic amines) is 1. The summed E-state index contributed by atoms with van der Waals surface area (Å²) in [4.78, 5) is 30.1. The zero-order valence-corrected chi connectivity index (χ0v) is 12.3. The first-order valence-corrected chi connectivity index (χ1v) is 7.19. The first kappa shape index (κ1) is 14.3. The van der Waals surface area contributed by atoms with E-state index < -0.39 is 6.04 Å². The van der Waals surface area contributed by atoms with Crippen LogP contribution in [-0.2, 0) is 16.1 Å². The Labute approximate surface area is 128 Å². The molecule has 0 unspecified atom stereocenters. The molecule has 6 heteroatoms. The lowest BCUT2D eigenvalue weighted by Crippen LogP contribution is -2.41. The third kappa shape index (κ3) is 3.00. The number of amides is 2. The van der Waals surface area contributed by atoms with E-state index >= 15 is 0 Å². The van der Waals surface area contributed by atoms with Crippen molar-refractivity contribution in [2.24, 2.45) is 0 Å². The van der Waals surface area contributed by atoms with Gasteiger partial charge < -0.3 is 14.6 Å². The Hall–Kier alpha value is -2.63. The van der Waals surface area contributed by atoms with Gasteiger partial charge in [-0.15, -0.1) is 0 Å². The first-order chi connectivity index (χ1) is 10.6. The molecule has 1 aliphatic heterocycles. The number of anilines is 1. The third-order valence-corrected chi connectivity index (χ3v) is 3.70. The van der Waals surface area contributed by atoms with E-state index in [1.54, 1.807) is 35.6 Å². The van der Waals surface area contributed by atoms with Crippen LogP contribution in [0.25, 0.3) is 0 Å². The molecule has 0 radical (unpaired) electrons. The van der Waals surface area contributed by atoms with Crippen LogP contribution in [0.5, 0.6) is 0 Å². The minimum Gasteiger partial charge on any atom is -0.467 e. The molecule has 2 aromatic heterocycles. The van der Waals surface area contributed by atoms with E-state index in [0.717, 1.165) is 5.56 Å². The molecule has 0 aliphatic carbocycles. The van der Waals surface area contributed by atoms with Gasteiger partial charge in [0.1, 0.15) is 17.6 Å². The number of rotatable bonds is 4. The Balaban J connectivity index is 1.71. The number of carbonyl (C=O) groups is 2. The summed E-state index contributed by atoms with van der Waals surface area (Å²) in [6.07, 6.45) is 4.09. The smallest absolute Gasteiger partial charge is 0.248 e. The van der Waals surface area contributed by atoms with Gasteiger partial charge in [-0.25, -0.2) is 4.98 Å². The van der Waals surface area contributed by atoms with Gasteiger partial charge in [0.2, 0.25) is 11.8 Å². The summed E-state index contributed by atoms with van der Waals surface area (Å²) in [6.45, 7) is 2.24. The number of nitrogens with one attached hydrogen (secondary N) is 1. The average Bonchev–Trinajstić information content (AvgIpc) is 3.10. The fourth-order valence-corrected chi connectivity index (χ4v) is 2.59. The SMILES string of the molecule is Cc1ccnc(NC(=O)[C@@H]2CCC(=O)N2Cc2ccco2)c1. The van der Waals surface area contributed by atoms with E-state index in [9.17, 15) is 9.59 Å². The molecule has 2 aromatic rings. The lowest BCUT2D eigenvalue weighted by atomic mass is 10.2. The fourth-order valence-electron chi connectivity index (χ4n) is 2.59. The molecule has 0 saturated carbocycles. The molecule has 1 aliphatic rings. The summed E-state index contributed by atoms with van der Waals surface area (Å²) >= 11 is 0. The lowest BCUT2D eigenvalue weighted by Gasteiger charge is -2.22. The van der Waals surface area contributed by atoms with Crippen molar-refractivity contribution in [3.63, 3.8) is 0 Å². The van der Waals surface area contributed by atoms with Crippen LogP contribution in [-0.4, -0.2) is 27.7 Å². The van der Waals surface area contributed by atoms with Gasteiger partial charge in [-0.1, -0.05) is 0 Å². The maximum Gasteiger partial charge on any atom is 0.248 e. The molecule has 0 spiro atoms. The van der Waals surface area contributed by atoms with Gasteiger partial charge in [-0.3, -0.25) is 9.59 Å². The molecule has 1 fully saturated rings. The topological polar surface area (TPSA) is 75.4 Å². The van der Waals surface area contributed by atoms with Gasteiger partial charge >= 0.3 is 0 Å². The Morgan fingerprint density at radius 3 is 3.09 bits per heavy atom. The van der Waals surface area contributed by atoms with Crippen LogP contribution >= 0.6 is 0 Å². The van der Waals surface area contributed by atoms with Gasteiger partial charge in [0.15, 0.2) is 0 Å². The molecule has 3 rings (SSSR count). The van der Waals surface area contributed by atoms with Crippen molar-refractivity contribution >= 4 is 17.6 Å². The highest BCUT2D eigenvalue weighted by Gasteiger charge is 2.36. The number of hydrogen-bond acceptors (Lipinski definition) is 4. The molecule has 2 amide bonds. The molecular weight excluding hydrogens is 282 g/mol. The summed E-state index contributed by atoms with van der Waals surface area (Å²) in [5.41, 5.74) is 1.01. The summed E-state index contributed by atoms with van der Waals surface area (Å²) in [5.74, 6) is 0.924. The normalized spacial score (nSPS) is 17.8. The fraction of sp³-hybridized carbons (Fsp3) is 0.312. The van der Waals surface area contributed by atoms with Crippen LogP contribution in [0.3, 0.4) is 0 Å². The van der Waals surface area contributed by atoms with Gasteiger partial charge in [0.05, 0.1) is 12.8 Å². The van der Waals surface area contributed by atoms with Crippen molar-refractivity contribution in [2.45, 2.75) is 32.4 Å². The van der Waals surface area contributed by atoms with Crippen molar-refractivity contribution in [3.8, 4) is 0 Å². The number of furan rings is 1. The summed E-state index contributed by atoms with van der Waals surface area (Å²) in [7, 11) is 0. The average molecular weight is 299 g/mol. The maximum atomic E-state index is 12.4. The van der Waals surface area contributed by atoms with E-state index in [-0.39, 0.29) is 11.8 Å². The highest BCUT2D eigenvalue weighted by atomic mass is 16.3. The summed E-state index contributed by atoms with van der Waals surface area (Å²) < 4.78 is 5.27. The Kier molecular flexibility index (Phi) is 3.91. The zero-order chi connectivity index (χ0) is 15.5. The number of pyridine rings is 1. The lowest BCUT2D eigenvalue weighted by molar-refractivity contribution is -0.134. The molecule has 1 atom stereocenters. The van der Waals surface area contributed by atoms with Crippen LogP contribution in [0.1, 0.15) is 24.2 Å². The first-order valence-electron chi connectivity index (χ1n) is 7.19. The zero-order valence-electron chi connectivity index (χ0n) is 12.3. The number of nitrogens with zero attached hydrogens (tertiary/aromatic N) is 2. The van der Waals surface area contributed by atoms with Crippen LogP contribution in [0, 0.1) is 6.92 Å². The standard InChI is InChI=1S/C16H17N3O3/c1-11-6-7-17-14(9-11)18-16(21)13-4-5-15(20)19(13)10-12-3-2-8-22-12/h2-3,6-9,13H,4-5,10H2,1H3,(H,17,18,21)/t13-/m0/s1. The second kappa shape index (κ2) is 6.01. The second-order valence-corrected chi connectivity index (χ2v) is 5.36. The molecule has 0 bridgehead atoms. The second-order valence-electron chi connectivity index (χ2n) is 5.36. The molecule has 1 saturated heterocycles. The van der Waals surface area contributed by atoms with Gasteiger partial charge in [0, 0.05) is 12.6 Å². The highest BCUT2D eigenvalue weighted by molar-refractivity contribution is 5.98. The number of carbonyl (C=O) groups excluding carboxylic acids is 2. The van der Waals surface area contributed by atoms with E-state index in [4.69, 9.17) is 4.42 Å². The van der Waals surface area contributed by atoms with Crippen LogP contribution in [0.15, 0.2) is 41.1 Å². The van der Waals surface area contributed by atoms with Crippen molar-refractivity contribution in [2.75, 3.05) is 5.32 Å². The Morgan fingerprint density at radius 2 is 2.36 bits per heavy atom. The predicted molar refractivity (Wildman–Crippen MR) is 79.9 cm³/mol. The van der Waals surface area contributed by atoms with Crippen molar-refractivity contribution in [1.29, 1.82) is 0 Å². The monoisotopic (exact) mass is 299 g/mol. The minimum absolute atomic E-state index is 0.0336. The van der Waals surface area contributed by atoms with E-state index in [0.29, 0.717) is 31.0 Å². The molecule has 114 valence electrons. The maximum absolute atomic E-state index is 12.4. The molecule has 0 aromatic carbocycles. The molecule has 22 heavy (non-hydrogen) atoms. The molecule has 3 heterocycles. The predicted octanol–water partition coefficient (Wildman–Crippen LogP) is 2.11. The molecule has 1 N–H and O–H groups in total. The minimum atomic E-state index is -0.486. The summed E-state index contributed by atoms with van der Waals surface area (Å²) in [5, 5.41) is 2.78. The Bertz CT molecular complexity index is 682. The van der Waals surface area contributed by atoms with E-state index in [2.05, 4.69) is 10.3 Å². The number of hydrogen-bond donors (Lipinski definition) is 1. The van der Waals surface area contributed by atoms with Gasteiger partial charge in [-0.05, 0) is 43.2 Å². The van der Waals surface area contributed by atoms with Crippen LogP contribution < -0.4 is 5.32 Å². The summed E-state index contributed by atoms with van der Waals surface area (Å²) in [6, 6.07) is 6.73. The van der Waals surface area contributed by atoms with E-state index in [1.807, 2.05) is 13.0 Å². The van der Waals surface area contributed by atoms with E-state index in [1.165, 1.54) is 0 Å².